The van der Waals surface area contributed by atoms with Crippen LogP contribution >= 0.6 is 11.8 Å². The summed E-state index contributed by atoms with van der Waals surface area (Å²) in [5, 5.41) is 9.07. The predicted molar refractivity (Wildman–Crippen MR) is 115 cm³/mol. The summed E-state index contributed by atoms with van der Waals surface area (Å²) in [6.07, 6.45) is 2.35. The Balaban J connectivity index is 1.72. The first-order valence-electron chi connectivity index (χ1n) is 9.92. The molecule has 7 nitrogen and oxygen atoms in total. The molecule has 0 N–H and O–H groups in total. The number of nitrogens with zero attached hydrogens (tertiary/aromatic N) is 4. The highest BCUT2D eigenvalue weighted by atomic mass is 32.2. The number of hydrogen-bond acceptors (Lipinski definition) is 6. The van der Waals surface area contributed by atoms with Gasteiger partial charge in [-0.1, -0.05) is 42.8 Å². The van der Waals surface area contributed by atoms with Crippen molar-refractivity contribution in [2.45, 2.75) is 51.2 Å². The van der Waals surface area contributed by atoms with Crippen LogP contribution in [-0.4, -0.2) is 63.8 Å². The van der Waals surface area contributed by atoms with E-state index >= 15 is 0 Å². The van der Waals surface area contributed by atoms with Gasteiger partial charge in [-0.2, -0.15) is 0 Å². The lowest BCUT2D eigenvalue weighted by Crippen LogP contribution is -2.42. The SMILES string of the molecule is CCCCN(C(=O)CSc1nnc(C)n1-c1ccc(C)cc1)C1CCS(=O)(=O)C1. The molecule has 2 aromatic rings. The summed E-state index contributed by atoms with van der Waals surface area (Å²) in [5.74, 6) is 1.17. The molecule has 0 bridgehead atoms. The van der Waals surface area contributed by atoms with Gasteiger partial charge < -0.3 is 4.90 Å². The zero-order valence-electron chi connectivity index (χ0n) is 17.2. The lowest BCUT2D eigenvalue weighted by atomic mass is 10.2. The molecule has 0 saturated carbocycles. The molecule has 1 saturated heterocycles. The first kappa shape index (κ1) is 21.8. The quantitative estimate of drug-likeness (QED) is 0.592. The maximum absolute atomic E-state index is 13.0. The molecule has 1 amide bonds. The van der Waals surface area contributed by atoms with Gasteiger partial charge in [-0.3, -0.25) is 9.36 Å². The van der Waals surface area contributed by atoms with E-state index in [1.165, 1.54) is 17.3 Å². The summed E-state index contributed by atoms with van der Waals surface area (Å²) in [7, 11) is -3.04. The number of benzene rings is 1. The van der Waals surface area contributed by atoms with Gasteiger partial charge in [0, 0.05) is 18.3 Å². The van der Waals surface area contributed by atoms with E-state index in [1.807, 2.05) is 42.7 Å². The maximum Gasteiger partial charge on any atom is 0.233 e. The molecule has 1 unspecified atom stereocenters. The van der Waals surface area contributed by atoms with E-state index < -0.39 is 9.84 Å². The van der Waals surface area contributed by atoms with Gasteiger partial charge in [0.25, 0.3) is 0 Å². The van der Waals surface area contributed by atoms with Gasteiger partial charge in [0.2, 0.25) is 5.91 Å². The van der Waals surface area contributed by atoms with Gasteiger partial charge in [-0.25, -0.2) is 8.42 Å². The van der Waals surface area contributed by atoms with Crippen LogP contribution in [-0.2, 0) is 14.6 Å². The summed E-state index contributed by atoms with van der Waals surface area (Å²) < 4.78 is 25.7. The van der Waals surface area contributed by atoms with Gasteiger partial charge in [-0.15, -0.1) is 10.2 Å². The van der Waals surface area contributed by atoms with Crippen molar-refractivity contribution in [3.63, 3.8) is 0 Å². The Hall–Kier alpha value is -1.87. The highest BCUT2D eigenvalue weighted by Gasteiger charge is 2.34. The van der Waals surface area contributed by atoms with E-state index in [0.717, 1.165) is 24.4 Å². The number of carbonyl (C=O) groups is 1. The minimum atomic E-state index is -3.04. The van der Waals surface area contributed by atoms with E-state index in [2.05, 4.69) is 17.1 Å². The highest BCUT2D eigenvalue weighted by molar-refractivity contribution is 7.99. The first-order chi connectivity index (χ1) is 13.8. The van der Waals surface area contributed by atoms with Crippen LogP contribution in [0.4, 0.5) is 0 Å². The molecule has 1 aromatic heterocycles. The van der Waals surface area contributed by atoms with Crippen LogP contribution in [0.3, 0.4) is 0 Å². The van der Waals surface area contributed by atoms with Crippen molar-refractivity contribution in [1.29, 1.82) is 0 Å². The van der Waals surface area contributed by atoms with Crippen LogP contribution in [0.5, 0.6) is 0 Å². The molecule has 2 heterocycles. The third kappa shape index (κ3) is 5.39. The summed E-state index contributed by atoms with van der Waals surface area (Å²) in [4.78, 5) is 14.7. The van der Waals surface area contributed by atoms with Gasteiger partial charge in [0.05, 0.1) is 17.3 Å². The lowest BCUT2D eigenvalue weighted by molar-refractivity contribution is -0.130. The number of aromatic nitrogens is 3. The molecule has 1 aliphatic heterocycles. The molecular formula is C20H28N4O3S2. The zero-order chi connectivity index (χ0) is 21.0. The number of aryl methyl sites for hydroxylation is 2. The van der Waals surface area contributed by atoms with Gasteiger partial charge >= 0.3 is 0 Å². The minimum Gasteiger partial charge on any atom is -0.338 e. The molecular weight excluding hydrogens is 408 g/mol. The number of thioether (sulfide) groups is 1. The third-order valence-corrected chi connectivity index (χ3v) is 7.80. The minimum absolute atomic E-state index is 0.0401. The van der Waals surface area contributed by atoms with Gasteiger partial charge in [0.15, 0.2) is 15.0 Å². The summed E-state index contributed by atoms with van der Waals surface area (Å²) in [6.45, 7) is 6.58. The first-order valence-corrected chi connectivity index (χ1v) is 12.7. The molecule has 1 fully saturated rings. The van der Waals surface area contributed by atoms with Crippen LogP contribution < -0.4 is 0 Å². The molecule has 9 heteroatoms. The maximum atomic E-state index is 13.0. The van der Waals surface area contributed by atoms with Gasteiger partial charge in [0.1, 0.15) is 5.82 Å². The van der Waals surface area contributed by atoms with Crippen molar-refractivity contribution in [3.05, 3.63) is 35.7 Å². The van der Waals surface area contributed by atoms with E-state index in [0.29, 0.717) is 18.1 Å². The van der Waals surface area contributed by atoms with Crippen molar-refractivity contribution in [2.24, 2.45) is 0 Å². The topological polar surface area (TPSA) is 85.2 Å². The molecule has 1 aromatic carbocycles. The summed E-state index contributed by atoms with van der Waals surface area (Å²) in [6, 6.07) is 7.86. The van der Waals surface area contributed by atoms with Crippen molar-refractivity contribution in [3.8, 4) is 5.69 Å². The standard InChI is InChI=1S/C20H28N4O3S2/c1-4-5-11-23(18-10-12-29(26,27)14-18)19(25)13-28-20-22-21-16(3)24(20)17-8-6-15(2)7-9-17/h6-9,18H,4-5,10-14H2,1-3H3. The van der Waals surface area contributed by atoms with Crippen LogP contribution in [0.2, 0.25) is 0 Å². The van der Waals surface area contributed by atoms with Crippen molar-refractivity contribution < 1.29 is 13.2 Å². The van der Waals surface area contributed by atoms with E-state index in [9.17, 15) is 13.2 Å². The fraction of sp³-hybridized carbons (Fsp3) is 0.550. The molecule has 0 aliphatic carbocycles. The fourth-order valence-electron chi connectivity index (χ4n) is 3.50. The van der Waals surface area contributed by atoms with E-state index in [-0.39, 0.29) is 29.2 Å². The molecule has 1 atom stereocenters. The molecule has 3 rings (SSSR count). The Kier molecular flexibility index (Phi) is 7.00. The molecule has 0 spiro atoms. The number of rotatable bonds is 8. The number of hydrogen-bond donors (Lipinski definition) is 0. The molecule has 1 aliphatic rings. The van der Waals surface area contributed by atoms with Crippen molar-refractivity contribution in [1.82, 2.24) is 19.7 Å². The third-order valence-electron chi connectivity index (χ3n) is 5.13. The Labute approximate surface area is 176 Å². The number of sulfone groups is 1. The van der Waals surface area contributed by atoms with Gasteiger partial charge in [-0.05, 0) is 38.8 Å². The Morgan fingerprint density at radius 2 is 1.97 bits per heavy atom. The Morgan fingerprint density at radius 1 is 1.24 bits per heavy atom. The predicted octanol–water partition coefficient (Wildman–Crippen LogP) is 2.79. The van der Waals surface area contributed by atoms with Crippen molar-refractivity contribution in [2.75, 3.05) is 23.8 Å². The zero-order valence-corrected chi connectivity index (χ0v) is 18.8. The second kappa shape index (κ2) is 9.30. The molecule has 0 radical (unpaired) electrons. The summed E-state index contributed by atoms with van der Waals surface area (Å²) in [5.41, 5.74) is 2.12. The molecule has 29 heavy (non-hydrogen) atoms. The second-order valence-corrected chi connectivity index (χ2v) is 10.7. The number of unbranched alkanes of at least 4 members (excludes halogenated alkanes) is 1. The normalized spacial score (nSPS) is 18.1. The number of carbonyl (C=O) groups excluding carboxylic acids is 1. The van der Waals surface area contributed by atoms with Crippen LogP contribution in [0, 0.1) is 13.8 Å². The summed E-state index contributed by atoms with van der Waals surface area (Å²) >= 11 is 1.34. The highest BCUT2D eigenvalue weighted by Crippen LogP contribution is 2.24. The lowest BCUT2D eigenvalue weighted by Gasteiger charge is -2.28. The van der Waals surface area contributed by atoms with Crippen LogP contribution in [0.1, 0.15) is 37.6 Å². The average Bonchev–Trinajstić information content (AvgIpc) is 3.23. The fourth-order valence-corrected chi connectivity index (χ4v) is 6.11. The monoisotopic (exact) mass is 436 g/mol. The van der Waals surface area contributed by atoms with E-state index in [4.69, 9.17) is 0 Å². The second-order valence-electron chi connectivity index (χ2n) is 7.49. The smallest absolute Gasteiger partial charge is 0.233 e. The van der Waals surface area contributed by atoms with Crippen LogP contribution in [0.25, 0.3) is 5.69 Å². The number of amides is 1. The molecule has 158 valence electrons. The van der Waals surface area contributed by atoms with Crippen LogP contribution in [0.15, 0.2) is 29.4 Å². The van der Waals surface area contributed by atoms with E-state index in [1.54, 1.807) is 4.90 Å². The Bertz CT molecular complexity index is 955. The largest absolute Gasteiger partial charge is 0.338 e. The Morgan fingerprint density at radius 3 is 2.59 bits per heavy atom. The van der Waals surface area contributed by atoms with Crippen molar-refractivity contribution >= 4 is 27.5 Å². The average molecular weight is 437 g/mol.